The second-order valence-corrected chi connectivity index (χ2v) is 17.8. The maximum absolute atomic E-state index is 12.2. The van der Waals surface area contributed by atoms with Gasteiger partial charge in [-0.15, -0.1) is 0 Å². The fraction of sp³-hybridized carbons (Fsp3) is 0.491. The summed E-state index contributed by atoms with van der Waals surface area (Å²) in [5.41, 5.74) is 14.1. The number of aryl methyl sites for hydroxylation is 8. The van der Waals surface area contributed by atoms with Gasteiger partial charge in [0.15, 0.2) is 11.6 Å². The van der Waals surface area contributed by atoms with E-state index < -0.39 is 0 Å². The summed E-state index contributed by atoms with van der Waals surface area (Å²) in [4.78, 5) is 0. The summed E-state index contributed by atoms with van der Waals surface area (Å²) >= 11 is 0. The van der Waals surface area contributed by atoms with Crippen LogP contribution < -0.4 is 0 Å². The van der Waals surface area contributed by atoms with Gasteiger partial charge in [0.25, 0.3) is 0 Å². The van der Waals surface area contributed by atoms with Gasteiger partial charge in [0.1, 0.15) is 52.8 Å². The molecule has 0 N–H and O–H groups in total. The van der Waals surface area contributed by atoms with Crippen molar-refractivity contribution >= 4 is 0 Å². The minimum atomic E-state index is -0.262. The number of halogens is 2. The molecule has 0 saturated carbocycles. The molecule has 7 nitrogen and oxygen atoms in total. The van der Waals surface area contributed by atoms with Crippen molar-refractivity contribution in [3.63, 3.8) is 0 Å². The first kappa shape index (κ1) is 56.8. The second kappa shape index (κ2) is 26.6. The highest BCUT2D eigenvalue weighted by Crippen LogP contribution is 2.29. The van der Waals surface area contributed by atoms with E-state index in [-0.39, 0.29) is 11.6 Å². The van der Waals surface area contributed by atoms with Crippen LogP contribution >= 0.6 is 0 Å². The molecule has 0 aliphatic carbocycles. The first-order chi connectivity index (χ1) is 29.6. The number of hydrogen-bond donors (Lipinski definition) is 0. The highest BCUT2D eigenvalue weighted by molar-refractivity contribution is 5.31. The average molecular weight is 891 g/mol. The maximum atomic E-state index is 12.2. The Morgan fingerprint density at radius 2 is 0.547 bits per heavy atom. The van der Waals surface area contributed by atoms with Gasteiger partial charge in [-0.3, -0.25) is 0 Å². The molecule has 7 aromatic rings. The van der Waals surface area contributed by atoms with Crippen LogP contribution in [-0.4, -0.2) is 0 Å². The molecule has 0 unspecified atom stereocenters. The second-order valence-electron chi connectivity index (χ2n) is 17.8. The molecule has 7 rings (SSSR count). The van der Waals surface area contributed by atoms with Crippen LogP contribution in [-0.2, 0) is 0 Å². The highest BCUT2D eigenvalue weighted by atomic mass is 19.1. The minimum Gasteiger partial charge on any atom is -0.469 e. The van der Waals surface area contributed by atoms with Gasteiger partial charge in [-0.2, -0.15) is 0 Å². The van der Waals surface area contributed by atoms with Gasteiger partial charge in [0.05, 0.1) is 31.3 Å². The van der Waals surface area contributed by atoms with Gasteiger partial charge < -0.3 is 30.9 Å². The zero-order valence-corrected chi connectivity index (χ0v) is 43.5. The fourth-order valence-corrected chi connectivity index (χ4v) is 6.01. The van der Waals surface area contributed by atoms with Crippen LogP contribution in [0.15, 0.2) is 74.8 Å². The summed E-state index contributed by atoms with van der Waals surface area (Å²) in [6.07, 6.45) is 11.4. The molecule has 0 atom stereocenters. The highest BCUT2D eigenvalue weighted by Gasteiger charge is 2.14. The molecular weight excluding hydrogens is 811 g/mol. The molecule has 0 radical (unpaired) electrons. The first-order valence-electron chi connectivity index (χ1n) is 22.3. The number of furan rings is 7. The molecule has 7 aromatic heterocycles. The lowest BCUT2D eigenvalue weighted by atomic mass is 9.98. The summed E-state index contributed by atoms with van der Waals surface area (Å²) in [5, 5.41) is 0. The van der Waals surface area contributed by atoms with Gasteiger partial charge in [0.2, 0.25) is 0 Å². The topological polar surface area (TPSA) is 92.0 Å². The van der Waals surface area contributed by atoms with E-state index in [1.54, 1.807) is 40.2 Å². The standard InChI is InChI=1S/C11H18O.2C9H14O.2C7H10O.2C6H7FO/c1-7(2)10-6-12-11(8(3)4)9(10)5;1-6(2)9-5-10-8(4)7(9)3;1-6(2)9-8(4)7(3)5-10-9;2*1-5-4-8-7(3)6(5)2;2*1-4-5(2)8-3-6(4)7/h6-8H,1-5H3;2*5-6H,1-4H3;2*4H,1-3H3;2*3H,1-2H3. The molecule has 356 valence electrons. The summed E-state index contributed by atoms with van der Waals surface area (Å²) < 4.78 is 60.3. The first-order valence-corrected chi connectivity index (χ1v) is 22.3. The molecule has 0 aliphatic rings. The summed E-state index contributed by atoms with van der Waals surface area (Å²) in [6.45, 7) is 46.8. The van der Waals surface area contributed by atoms with Crippen molar-refractivity contribution in [2.45, 2.75) is 183 Å². The maximum Gasteiger partial charge on any atom is 0.164 e. The third-order valence-corrected chi connectivity index (χ3v) is 11.6. The molecule has 0 aromatic carbocycles. The Morgan fingerprint density at radius 1 is 0.281 bits per heavy atom. The van der Waals surface area contributed by atoms with Crippen LogP contribution in [0.1, 0.15) is 186 Å². The van der Waals surface area contributed by atoms with E-state index in [9.17, 15) is 8.78 Å². The number of hydrogen-bond acceptors (Lipinski definition) is 7. The van der Waals surface area contributed by atoms with E-state index in [1.807, 2.05) is 53.4 Å². The van der Waals surface area contributed by atoms with Gasteiger partial charge in [-0.25, -0.2) is 8.78 Å². The van der Waals surface area contributed by atoms with Crippen molar-refractivity contribution < 1.29 is 39.7 Å². The van der Waals surface area contributed by atoms with Crippen molar-refractivity contribution in [3.8, 4) is 0 Å². The monoisotopic (exact) mass is 891 g/mol. The third kappa shape index (κ3) is 17.1. The minimum absolute atomic E-state index is 0.262. The molecule has 0 aliphatic heterocycles. The molecule has 0 bridgehead atoms. The van der Waals surface area contributed by atoms with Crippen molar-refractivity contribution in [2.24, 2.45) is 0 Å². The normalized spacial score (nSPS) is 10.5. The average Bonchev–Trinajstić information content (AvgIpc) is 4.12. The molecule has 0 saturated heterocycles. The summed E-state index contributed by atoms with van der Waals surface area (Å²) in [7, 11) is 0. The van der Waals surface area contributed by atoms with E-state index >= 15 is 0 Å². The molecule has 9 heteroatoms. The Labute approximate surface area is 384 Å². The van der Waals surface area contributed by atoms with Gasteiger partial charge >= 0.3 is 0 Å². The molecule has 64 heavy (non-hydrogen) atoms. The van der Waals surface area contributed by atoms with E-state index in [0.717, 1.165) is 41.3 Å². The van der Waals surface area contributed by atoms with Gasteiger partial charge in [-0.1, -0.05) is 55.4 Å². The molecule has 0 amide bonds. The molecule has 7 heterocycles. The van der Waals surface area contributed by atoms with E-state index in [0.29, 0.717) is 46.3 Å². The van der Waals surface area contributed by atoms with Crippen LogP contribution in [0.25, 0.3) is 0 Å². The van der Waals surface area contributed by atoms with Crippen molar-refractivity contribution in [2.75, 3.05) is 0 Å². The van der Waals surface area contributed by atoms with Crippen LogP contribution in [0.5, 0.6) is 0 Å². The van der Waals surface area contributed by atoms with E-state index in [2.05, 4.69) is 96.9 Å². The zero-order valence-electron chi connectivity index (χ0n) is 43.5. The summed E-state index contributed by atoms with van der Waals surface area (Å²) in [5.74, 6) is 8.31. The lowest BCUT2D eigenvalue weighted by Crippen LogP contribution is -1.91. The Bertz CT molecular complexity index is 2060. The summed E-state index contributed by atoms with van der Waals surface area (Å²) in [6, 6.07) is 0. The van der Waals surface area contributed by atoms with Crippen LogP contribution in [0.2, 0.25) is 0 Å². The van der Waals surface area contributed by atoms with E-state index in [4.69, 9.17) is 30.9 Å². The smallest absolute Gasteiger partial charge is 0.164 e. The molecule has 0 spiro atoms. The SMILES string of the molecule is Cc1c(C(C)C)coc1C(C)C.Cc1coc(C(C)C)c1C.Cc1coc(C)c1C.Cc1coc(C)c1C.Cc1occ(C(C)C)c1C.Cc1occ(F)c1C.Cc1occ(F)c1C. The van der Waals surface area contributed by atoms with Crippen LogP contribution in [0.4, 0.5) is 8.78 Å². The van der Waals surface area contributed by atoms with Gasteiger partial charge in [0, 0.05) is 23.0 Å². The fourth-order valence-electron chi connectivity index (χ4n) is 6.01. The quantitative estimate of drug-likeness (QED) is 0.174. The molecule has 0 fully saturated rings. The van der Waals surface area contributed by atoms with Crippen LogP contribution in [0.3, 0.4) is 0 Å². The molecular formula is C55H80F2O7. The zero-order chi connectivity index (χ0) is 49.3. The lowest BCUT2D eigenvalue weighted by Gasteiger charge is -2.04. The van der Waals surface area contributed by atoms with E-state index in [1.165, 1.54) is 55.6 Å². The Balaban J connectivity index is 0.000000375. The number of rotatable bonds is 4. The van der Waals surface area contributed by atoms with Crippen LogP contribution in [0, 0.1) is 115 Å². The van der Waals surface area contributed by atoms with Crippen molar-refractivity contribution in [1.82, 2.24) is 0 Å². The van der Waals surface area contributed by atoms with Crippen molar-refractivity contribution in [3.05, 3.63) is 163 Å². The van der Waals surface area contributed by atoms with Gasteiger partial charge in [-0.05, 0) is 171 Å². The Hall–Kier alpha value is -5.18. The predicted octanol–water partition coefficient (Wildman–Crippen LogP) is 18.4. The lowest BCUT2D eigenvalue weighted by molar-refractivity contribution is 0.482. The third-order valence-electron chi connectivity index (χ3n) is 11.6. The predicted molar refractivity (Wildman–Crippen MR) is 258 cm³/mol. The Morgan fingerprint density at radius 3 is 0.688 bits per heavy atom. The largest absolute Gasteiger partial charge is 0.469 e. The Kier molecular flexibility index (Phi) is 23.6. The van der Waals surface area contributed by atoms with Crippen molar-refractivity contribution in [1.29, 1.82) is 0 Å².